The summed E-state index contributed by atoms with van der Waals surface area (Å²) in [7, 11) is 0. The molecule has 136 valence electrons. The van der Waals surface area contributed by atoms with Gasteiger partial charge in [0.25, 0.3) is 0 Å². The van der Waals surface area contributed by atoms with Gasteiger partial charge in [-0.2, -0.15) is 0 Å². The standard InChI is InChI=1S/C19H31NO4/c1-13-10-15(12-20-8-9-21)11-14(2)16(13)23-19(6,7)17(22)24-18(3,4)5/h10-11,20-21H,8-9,12H2,1-7H3. The lowest BCUT2D eigenvalue weighted by Crippen LogP contribution is -2.43. The summed E-state index contributed by atoms with van der Waals surface area (Å²) in [5.41, 5.74) is 1.42. The molecule has 5 nitrogen and oxygen atoms in total. The fourth-order valence-electron chi connectivity index (χ4n) is 2.31. The number of hydrogen-bond acceptors (Lipinski definition) is 5. The van der Waals surface area contributed by atoms with Crippen LogP contribution < -0.4 is 10.1 Å². The minimum Gasteiger partial charge on any atom is -0.476 e. The fraction of sp³-hybridized carbons (Fsp3) is 0.632. The predicted molar refractivity (Wildman–Crippen MR) is 95.3 cm³/mol. The zero-order valence-corrected chi connectivity index (χ0v) is 15.9. The van der Waals surface area contributed by atoms with E-state index in [0.29, 0.717) is 18.8 Å². The Morgan fingerprint density at radius 3 is 2.12 bits per heavy atom. The molecular weight excluding hydrogens is 306 g/mol. The van der Waals surface area contributed by atoms with Crippen LogP contribution in [0.5, 0.6) is 5.75 Å². The molecule has 0 radical (unpaired) electrons. The van der Waals surface area contributed by atoms with Gasteiger partial charge in [-0.1, -0.05) is 12.1 Å². The molecule has 0 saturated heterocycles. The largest absolute Gasteiger partial charge is 0.476 e. The molecule has 0 amide bonds. The van der Waals surface area contributed by atoms with Crippen LogP contribution in [0.2, 0.25) is 0 Å². The molecule has 0 heterocycles. The lowest BCUT2D eigenvalue weighted by molar-refractivity contribution is -0.171. The van der Waals surface area contributed by atoms with E-state index < -0.39 is 11.2 Å². The third-order valence-electron chi connectivity index (χ3n) is 3.39. The van der Waals surface area contributed by atoms with Crippen molar-refractivity contribution in [1.29, 1.82) is 0 Å². The van der Waals surface area contributed by atoms with Gasteiger partial charge in [-0.05, 0) is 65.2 Å². The summed E-state index contributed by atoms with van der Waals surface area (Å²) < 4.78 is 11.5. The van der Waals surface area contributed by atoms with Crippen molar-refractivity contribution in [2.24, 2.45) is 0 Å². The highest BCUT2D eigenvalue weighted by atomic mass is 16.6. The molecule has 0 saturated carbocycles. The number of rotatable bonds is 7. The minimum atomic E-state index is -1.07. The van der Waals surface area contributed by atoms with E-state index >= 15 is 0 Å². The predicted octanol–water partition coefficient (Wildman–Crippen LogP) is 2.88. The number of esters is 1. The van der Waals surface area contributed by atoms with Crippen LogP contribution in [-0.4, -0.2) is 35.4 Å². The fourth-order valence-corrected chi connectivity index (χ4v) is 2.31. The highest BCUT2D eigenvalue weighted by molar-refractivity contribution is 5.79. The van der Waals surface area contributed by atoms with E-state index in [9.17, 15) is 4.79 Å². The van der Waals surface area contributed by atoms with E-state index in [4.69, 9.17) is 14.6 Å². The van der Waals surface area contributed by atoms with E-state index in [0.717, 1.165) is 16.7 Å². The molecular formula is C19H31NO4. The lowest BCUT2D eigenvalue weighted by Gasteiger charge is -2.30. The topological polar surface area (TPSA) is 67.8 Å². The van der Waals surface area contributed by atoms with Gasteiger partial charge in [0.2, 0.25) is 0 Å². The Hall–Kier alpha value is -1.59. The van der Waals surface area contributed by atoms with Crippen molar-refractivity contribution in [2.45, 2.75) is 66.2 Å². The number of aryl methyl sites for hydroxylation is 2. The van der Waals surface area contributed by atoms with Crippen LogP contribution >= 0.6 is 0 Å². The number of aliphatic hydroxyl groups is 1. The number of ether oxygens (including phenoxy) is 2. The van der Waals surface area contributed by atoms with Gasteiger partial charge in [-0.25, -0.2) is 4.79 Å². The molecule has 0 aliphatic carbocycles. The highest BCUT2D eigenvalue weighted by Crippen LogP contribution is 2.29. The van der Waals surface area contributed by atoms with Gasteiger partial charge in [0.15, 0.2) is 5.60 Å². The maximum Gasteiger partial charge on any atom is 0.350 e. The van der Waals surface area contributed by atoms with Crippen LogP contribution in [0.4, 0.5) is 0 Å². The van der Waals surface area contributed by atoms with Gasteiger partial charge in [-0.15, -0.1) is 0 Å². The molecule has 5 heteroatoms. The quantitative estimate of drug-likeness (QED) is 0.591. The summed E-state index contributed by atoms with van der Waals surface area (Å²) in [4.78, 5) is 12.4. The Balaban J connectivity index is 2.92. The van der Waals surface area contributed by atoms with Crippen LogP contribution in [0.1, 0.15) is 51.3 Å². The first-order valence-corrected chi connectivity index (χ1v) is 8.30. The van der Waals surface area contributed by atoms with Gasteiger partial charge in [-0.3, -0.25) is 0 Å². The average molecular weight is 337 g/mol. The summed E-state index contributed by atoms with van der Waals surface area (Å²) in [6.45, 7) is 14.2. The Labute approximate surface area is 145 Å². The van der Waals surface area contributed by atoms with Crippen molar-refractivity contribution in [3.8, 4) is 5.75 Å². The van der Waals surface area contributed by atoms with E-state index in [2.05, 4.69) is 5.32 Å². The summed E-state index contributed by atoms with van der Waals surface area (Å²) in [5, 5.41) is 12.0. The van der Waals surface area contributed by atoms with Crippen molar-refractivity contribution in [2.75, 3.05) is 13.2 Å². The number of nitrogens with one attached hydrogen (secondary N) is 1. The molecule has 24 heavy (non-hydrogen) atoms. The highest BCUT2D eigenvalue weighted by Gasteiger charge is 2.35. The second-order valence-electron chi connectivity index (χ2n) is 7.57. The molecule has 0 spiro atoms. The number of aliphatic hydroxyl groups excluding tert-OH is 1. The Bertz CT molecular complexity index is 550. The lowest BCUT2D eigenvalue weighted by atomic mass is 10.0. The molecule has 0 aliphatic rings. The van der Waals surface area contributed by atoms with Crippen LogP contribution in [0, 0.1) is 13.8 Å². The average Bonchev–Trinajstić information content (AvgIpc) is 2.41. The van der Waals surface area contributed by atoms with Crippen LogP contribution in [0.25, 0.3) is 0 Å². The summed E-state index contributed by atoms with van der Waals surface area (Å²) in [6.07, 6.45) is 0. The van der Waals surface area contributed by atoms with Gasteiger partial charge < -0.3 is 19.9 Å². The van der Waals surface area contributed by atoms with Crippen LogP contribution in [-0.2, 0) is 16.1 Å². The second-order valence-corrected chi connectivity index (χ2v) is 7.57. The minimum absolute atomic E-state index is 0.114. The number of carbonyl (C=O) groups excluding carboxylic acids is 1. The number of hydrogen-bond donors (Lipinski definition) is 2. The van der Waals surface area contributed by atoms with E-state index in [1.807, 2.05) is 46.8 Å². The zero-order chi connectivity index (χ0) is 18.5. The molecule has 0 atom stereocenters. The van der Waals surface area contributed by atoms with Gasteiger partial charge in [0, 0.05) is 13.1 Å². The first-order valence-electron chi connectivity index (χ1n) is 8.30. The summed E-state index contributed by atoms with van der Waals surface area (Å²) in [6, 6.07) is 4.05. The maximum atomic E-state index is 12.4. The SMILES string of the molecule is Cc1cc(CNCCO)cc(C)c1OC(C)(C)C(=O)OC(C)(C)C. The monoisotopic (exact) mass is 337 g/mol. The van der Waals surface area contributed by atoms with Crippen molar-refractivity contribution in [3.63, 3.8) is 0 Å². The second kappa shape index (κ2) is 7.99. The molecule has 2 N–H and O–H groups in total. The van der Waals surface area contributed by atoms with Gasteiger partial charge in [0.05, 0.1) is 6.61 Å². The zero-order valence-electron chi connectivity index (χ0n) is 15.9. The third-order valence-corrected chi connectivity index (χ3v) is 3.39. The molecule has 0 unspecified atom stereocenters. The van der Waals surface area contributed by atoms with E-state index in [1.165, 1.54) is 0 Å². The Morgan fingerprint density at radius 2 is 1.67 bits per heavy atom. The molecule has 1 rings (SSSR count). The smallest absolute Gasteiger partial charge is 0.350 e. The first-order chi connectivity index (χ1) is 11.0. The number of benzene rings is 1. The molecule has 0 fully saturated rings. The molecule has 0 aromatic heterocycles. The Kier molecular flexibility index (Phi) is 6.81. The van der Waals surface area contributed by atoms with Crippen LogP contribution in [0.15, 0.2) is 12.1 Å². The van der Waals surface area contributed by atoms with E-state index in [1.54, 1.807) is 13.8 Å². The van der Waals surface area contributed by atoms with E-state index in [-0.39, 0.29) is 12.6 Å². The van der Waals surface area contributed by atoms with Gasteiger partial charge in [0.1, 0.15) is 11.4 Å². The number of carbonyl (C=O) groups is 1. The molecule has 1 aromatic rings. The summed E-state index contributed by atoms with van der Waals surface area (Å²) in [5.74, 6) is 0.319. The van der Waals surface area contributed by atoms with Gasteiger partial charge >= 0.3 is 5.97 Å². The van der Waals surface area contributed by atoms with Crippen molar-refractivity contribution >= 4 is 5.97 Å². The van der Waals surface area contributed by atoms with Crippen molar-refractivity contribution < 1.29 is 19.4 Å². The van der Waals surface area contributed by atoms with Crippen molar-refractivity contribution in [1.82, 2.24) is 5.32 Å². The van der Waals surface area contributed by atoms with Crippen molar-refractivity contribution in [3.05, 3.63) is 28.8 Å². The normalized spacial score (nSPS) is 12.2. The third kappa shape index (κ3) is 6.13. The molecule has 1 aromatic carbocycles. The van der Waals surface area contributed by atoms with Crippen LogP contribution in [0.3, 0.4) is 0 Å². The summed E-state index contributed by atoms with van der Waals surface area (Å²) >= 11 is 0. The maximum absolute atomic E-state index is 12.4. The molecule has 0 bridgehead atoms. The Morgan fingerprint density at radius 1 is 1.12 bits per heavy atom. The molecule has 0 aliphatic heterocycles. The first kappa shape index (κ1) is 20.5.